The van der Waals surface area contributed by atoms with Gasteiger partial charge in [0.05, 0.1) is 4.90 Å². The SMILES string of the molecule is CNCCCC(=O)Nc1ccc(S(=O)(=O)NC2CC2)cc1. The van der Waals surface area contributed by atoms with Crippen molar-refractivity contribution in [2.75, 3.05) is 18.9 Å². The van der Waals surface area contributed by atoms with E-state index in [9.17, 15) is 13.2 Å². The third-order valence-corrected chi connectivity index (χ3v) is 4.71. The standard InChI is InChI=1S/C14H21N3O3S/c1-15-10-2-3-14(18)16-11-6-8-13(9-7-11)21(19,20)17-12-4-5-12/h6-9,12,15,17H,2-5,10H2,1H3,(H,16,18). The average molecular weight is 311 g/mol. The van der Waals surface area contributed by atoms with Crippen LogP contribution in [-0.4, -0.2) is 34.0 Å². The lowest BCUT2D eigenvalue weighted by Crippen LogP contribution is -2.25. The highest BCUT2D eigenvalue weighted by Crippen LogP contribution is 2.22. The van der Waals surface area contributed by atoms with Crippen molar-refractivity contribution in [3.8, 4) is 0 Å². The molecule has 0 saturated heterocycles. The van der Waals surface area contributed by atoms with Gasteiger partial charge in [0, 0.05) is 18.2 Å². The predicted octanol–water partition coefficient (Wildman–Crippen LogP) is 1.07. The third kappa shape index (κ3) is 5.11. The Labute approximate surface area is 125 Å². The number of hydrogen-bond acceptors (Lipinski definition) is 4. The number of hydrogen-bond donors (Lipinski definition) is 3. The summed E-state index contributed by atoms with van der Waals surface area (Å²) in [5.74, 6) is -0.0723. The zero-order valence-corrected chi connectivity index (χ0v) is 12.9. The number of amides is 1. The van der Waals surface area contributed by atoms with Crippen LogP contribution in [0.25, 0.3) is 0 Å². The number of anilines is 1. The summed E-state index contributed by atoms with van der Waals surface area (Å²) in [6.45, 7) is 0.789. The van der Waals surface area contributed by atoms with Crippen LogP contribution in [0.1, 0.15) is 25.7 Å². The molecule has 1 aliphatic carbocycles. The lowest BCUT2D eigenvalue weighted by atomic mass is 10.2. The number of rotatable bonds is 8. The Hall–Kier alpha value is -1.44. The fraction of sp³-hybridized carbons (Fsp3) is 0.500. The Bertz CT molecular complexity index is 580. The lowest BCUT2D eigenvalue weighted by molar-refractivity contribution is -0.116. The maximum absolute atomic E-state index is 12.0. The molecule has 1 saturated carbocycles. The van der Waals surface area contributed by atoms with Crippen molar-refractivity contribution < 1.29 is 13.2 Å². The molecule has 0 bridgehead atoms. The first-order valence-corrected chi connectivity index (χ1v) is 8.56. The molecule has 1 aromatic carbocycles. The number of carbonyl (C=O) groups excluding carboxylic acids is 1. The summed E-state index contributed by atoms with van der Waals surface area (Å²) in [5.41, 5.74) is 0.606. The van der Waals surface area contributed by atoms with Crippen molar-refractivity contribution in [2.45, 2.75) is 36.6 Å². The van der Waals surface area contributed by atoms with E-state index < -0.39 is 10.0 Å². The highest BCUT2D eigenvalue weighted by atomic mass is 32.2. The molecule has 1 aromatic rings. The van der Waals surface area contributed by atoms with Crippen molar-refractivity contribution in [1.82, 2.24) is 10.0 Å². The average Bonchev–Trinajstić information content (AvgIpc) is 3.23. The van der Waals surface area contributed by atoms with Gasteiger partial charge in [-0.2, -0.15) is 0 Å². The van der Waals surface area contributed by atoms with Crippen LogP contribution in [0.4, 0.5) is 5.69 Å². The Morgan fingerprint density at radius 3 is 2.48 bits per heavy atom. The van der Waals surface area contributed by atoms with Crippen molar-refractivity contribution >= 4 is 21.6 Å². The number of nitrogens with one attached hydrogen (secondary N) is 3. The molecule has 7 heteroatoms. The second-order valence-corrected chi connectivity index (χ2v) is 6.89. The van der Waals surface area contributed by atoms with Crippen molar-refractivity contribution in [3.63, 3.8) is 0 Å². The number of benzene rings is 1. The fourth-order valence-electron chi connectivity index (χ4n) is 1.86. The van der Waals surface area contributed by atoms with Crippen LogP contribution < -0.4 is 15.4 Å². The largest absolute Gasteiger partial charge is 0.326 e. The summed E-state index contributed by atoms with van der Waals surface area (Å²) in [4.78, 5) is 11.9. The monoisotopic (exact) mass is 311 g/mol. The van der Waals surface area contributed by atoms with Gasteiger partial charge < -0.3 is 10.6 Å². The molecular weight excluding hydrogens is 290 g/mol. The molecular formula is C14H21N3O3S. The quantitative estimate of drug-likeness (QED) is 0.627. The molecule has 6 nitrogen and oxygen atoms in total. The van der Waals surface area contributed by atoms with Gasteiger partial charge in [-0.3, -0.25) is 4.79 Å². The highest BCUT2D eigenvalue weighted by molar-refractivity contribution is 7.89. The maximum Gasteiger partial charge on any atom is 0.240 e. The first-order valence-electron chi connectivity index (χ1n) is 7.08. The van der Waals surface area contributed by atoms with Crippen molar-refractivity contribution in [3.05, 3.63) is 24.3 Å². The van der Waals surface area contributed by atoms with E-state index >= 15 is 0 Å². The van der Waals surface area contributed by atoms with Crippen LogP contribution >= 0.6 is 0 Å². The van der Waals surface area contributed by atoms with Gasteiger partial charge in [-0.05, 0) is 57.1 Å². The highest BCUT2D eigenvalue weighted by Gasteiger charge is 2.27. The molecule has 0 heterocycles. The first-order chi connectivity index (χ1) is 10.0. The Balaban J connectivity index is 1.90. The fourth-order valence-corrected chi connectivity index (χ4v) is 3.16. The molecule has 1 amide bonds. The molecule has 0 unspecified atom stereocenters. The van der Waals surface area contributed by atoms with Gasteiger partial charge in [0.15, 0.2) is 0 Å². The Kier molecular flexibility index (Phi) is 5.33. The number of sulfonamides is 1. The topological polar surface area (TPSA) is 87.3 Å². The van der Waals surface area contributed by atoms with Crippen LogP contribution in [0.15, 0.2) is 29.2 Å². The van der Waals surface area contributed by atoms with E-state index in [1.807, 2.05) is 7.05 Å². The second-order valence-electron chi connectivity index (χ2n) is 5.18. The molecule has 3 N–H and O–H groups in total. The molecule has 0 atom stereocenters. The minimum absolute atomic E-state index is 0.0723. The molecule has 21 heavy (non-hydrogen) atoms. The van der Waals surface area contributed by atoms with Gasteiger partial charge in [-0.25, -0.2) is 13.1 Å². The molecule has 0 aromatic heterocycles. The van der Waals surface area contributed by atoms with Crippen LogP contribution in [0.5, 0.6) is 0 Å². The van der Waals surface area contributed by atoms with Crippen LogP contribution in [0.2, 0.25) is 0 Å². The number of carbonyl (C=O) groups is 1. The summed E-state index contributed by atoms with van der Waals surface area (Å²) in [7, 11) is -1.59. The predicted molar refractivity (Wildman–Crippen MR) is 81.6 cm³/mol. The molecule has 1 aliphatic rings. The lowest BCUT2D eigenvalue weighted by Gasteiger charge is -2.08. The van der Waals surface area contributed by atoms with E-state index in [1.165, 1.54) is 12.1 Å². The summed E-state index contributed by atoms with van der Waals surface area (Å²) < 4.78 is 26.6. The van der Waals surface area contributed by atoms with Crippen LogP contribution in [0, 0.1) is 0 Å². The molecule has 0 spiro atoms. The summed E-state index contributed by atoms with van der Waals surface area (Å²) in [5, 5.41) is 5.73. The molecule has 116 valence electrons. The summed E-state index contributed by atoms with van der Waals surface area (Å²) in [6.07, 6.45) is 3.00. The Morgan fingerprint density at radius 1 is 1.24 bits per heavy atom. The second kappa shape index (κ2) is 7.02. The van der Waals surface area contributed by atoms with Gasteiger partial charge >= 0.3 is 0 Å². The van der Waals surface area contributed by atoms with Crippen molar-refractivity contribution in [2.24, 2.45) is 0 Å². The zero-order chi connectivity index (χ0) is 15.3. The van der Waals surface area contributed by atoms with E-state index in [4.69, 9.17) is 0 Å². The van der Waals surface area contributed by atoms with Crippen LogP contribution in [-0.2, 0) is 14.8 Å². The molecule has 2 rings (SSSR count). The van der Waals surface area contributed by atoms with E-state index in [-0.39, 0.29) is 16.8 Å². The third-order valence-electron chi connectivity index (χ3n) is 3.18. The van der Waals surface area contributed by atoms with E-state index in [0.29, 0.717) is 12.1 Å². The molecule has 1 fully saturated rings. The minimum Gasteiger partial charge on any atom is -0.326 e. The maximum atomic E-state index is 12.0. The summed E-state index contributed by atoms with van der Waals surface area (Å²) in [6, 6.07) is 6.32. The van der Waals surface area contributed by atoms with Gasteiger partial charge in [-0.1, -0.05) is 0 Å². The Morgan fingerprint density at radius 2 is 1.90 bits per heavy atom. The van der Waals surface area contributed by atoms with Gasteiger partial charge in [0.2, 0.25) is 15.9 Å². The van der Waals surface area contributed by atoms with Gasteiger partial charge in [0.1, 0.15) is 0 Å². The first kappa shape index (κ1) is 15.9. The van der Waals surface area contributed by atoms with Gasteiger partial charge in [-0.15, -0.1) is 0 Å². The van der Waals surface area contributed by atoms with E-state index in [0.717, 1.165) is 25.8 Å². The normalized spacial score (nSPS) is 14.9. The van der Waals surface area contributed by atoms with Crippen molar-refractivity contribution in [1.29, 1.82) is 0 Å². The van der Waals surface area contributed by atoms with Gasteiger partial charge in [0.25, 0.3) is 0 Å². The summed E-state index contributed by atoms with van der Waals surface area (Å²) >= 11 is 0. The smallest absolute Gasteiger partial charge is 0.240 e. The molecule has 0 radical (unpaired) electrons. The molecule has 0 aliphatic heterocycles. The minimum atomic E-state index is -3.43. The zero-order valence-electron chi connectivity index (χ0n) is 12.1. The van der Waals surface area contributed by atoms with E-state index in [2.05, 4.69) is 15.4 Å². The van der Waals surface area contributed by atoms with E-state index in [1.54, 1.807) is 12.1 Å². The van der Waals surface area contributed by atoms with Crippen LogP contribution in [0.3, 0.4) is 0 Å².